The number of hydrogen-bond donors (Lipinski definition) is 4. The number of amides is 3. The number of nitrogens with zero attached hydrogens (tertiary/aromatic N) is 3. The molecule has 0 spiro atoms. The summed E-state index contributed by atoms with van der Waals surface area (Å²) in [6.45, 7) is 0.393. The summed E-state index contributed by atoms with van der Waals surface area (Å²) >= 11 is 0. The van der Waals surface area contributed by atoms with Gasteiger partial charge in [0.15, 0.2) is 0 Å². The number of benzene rings is 2. The van der Waals surface area contributed by atoms with Gasteiger partial charge >= 0.3 is 6.18 Å². The molecule has 2 heterocycles. The van der Waals surface area contributed by atoms with Gasteiger partial charge in [-0.3, -0.25) is 19.4 Å². The molecule has 0 aliphatic rings. The second kappa shape index (κ2) is 14.5. The highest BCUT2D eigenvalue weighted by atomic mass is 19.4. The number of halogens is 3. The lowest BCUT2D eigenvalue weighted by Crippen LogP contribution is -2.30. The minimum absolute atomic E-state index is 0.285. The lowest BCUT2D eigenvalue weighted by atomic mass is 10.1. The predicted octanol–water partition coefficient (Wildman–Crippen LogP) is 5.43. The van der Waals surface area contributed by atoms with E-state index in [1.807, 2.05) is 0 Å². The maximum absolute atomic E-state index is 13.0. The van der Waals surface area contributed by atoms with E-state index in [-0.39, 0.29) is 17.5 Å². The molecule has 13 heteroatoms. The number of carbonyl (C=O) groups excluding carboxylic acids is 3. The van der Waals surface area contributed by atoms with Crippen molar-refractivity contribution in [3.8, 4) is 0 Å². The van der Waals surface area contributed by atoms with Gasteiger partial charge in [-0.25, -0.2) is 0 Å². The van der Waals surface area contributed by atoms with Gasteiger partial charge in [0.25, 0.3) is 17.7 Å². The van der Waals surface area contributed by atoms with E-state index in [1.165, 1.54) is 12.1 Å². The molecule has 2 aromatic heterocycles. The van der Waals surface area contributed by atoms with Crippen LogP contribution in [0.3, 0.4) is 0 Å². The molecule has 0 aliphatic heterocycles. The second-order valence-corrected chi connectivity index (χ2v) is 10.4. The summed E-state index contributed by atoms with van der Waals surface area (Å²) < 4.78 is 41.5. The molecule has 0 bridgehead atoms. The Kier molecular flexibility index (Phi) is 10.5. The van der Waals surface area contributed by atoms with Crippen molar-refractivity contribution in [2.75, 3.05) is 31.3 Å². The first-order valence-electron chi connectivity index (χ1n) is 14.2. The summed E-state index contributed by atoms with van der Waals surface area (Å²) in [4.78, 5) is 42.6. The Morgan fingerprint density at radius 3 is 1.78 bits per heavy atom. The van der Waals surface area contributed by atoms with E-state index in [1.54, 1.807) is 98.3 Å². The van der Waals surface area contributed by atoms with Crippen molar-refractivity contribution in [3.05, 3.63) is 107 Å². The number of hydrogen-bond acceptors (Lipinski definition) is 4. The van der Waals surface area contributed by atoms with Gasteiger partial charge in [-0.1, -0.05) is 36.4 Å². The zero-order valence-corrected chi connectivity index (χ0v) is 25.7. The van der Waals surface area contributed by atoms with Crippen LogP contribution in [0.25, 0.3) is 12.2 Å². The van der Waals surface area contributed by atoms with E-state index in [4.69, 9.17) is 0 Å². The maximum atomic E-state index is 13.0. The summed E-state index contributed by atoms with van der Waals surface area (Å²) in [6, 6.07) is 14.6. The first kappa shape index (κ1) is 33.3. The Bertz CT molecular complexity index is 1770. The first-order valence-corrected chi connectivity index (χ1v) is 14.2. The summed E-state index contributed by atoms with van der Waals surface area (Å²) in [5.74, 6) is -0.341. The minimum atomic E-state index is -4.39. The smallest absolute Gasteiger partial charge is 0.377 e. The minimum Gasteiger partial charge on any atom is -0.377 e. The van der Waals surface area contributed by atoms with Crippen molar-refractivity contribution >= 4 is 47.1 Å². The van der Waals surface area contributed by atoms with Crippen molar-refractivity contribution in [2.45, 2.75) is 12.6 Å². The fraction of sp³-hybridized carbons (Fsp3) is 0.212. The Labute approximate surface area is 264 Å². The second-order valence-electron chi connectivity index (χ2n) is 10.4. The molecule has 4 N–H and O–H groups in total. The average molecular weight is 634 g/mol. The number of aliphatic imine (C=N–C) groups is 1. The molecule has 2 aromatic carbocycles. The van der Waals surface area contributed by atoms with E-state index < -0.39 is 17.6 Å². The molecule has 4 aromatic rings. The zero-order valence-electron chi connectivity index (χ0n) is 25.7. The van der Waals surface area contributed by atoms with Gasteiger partial charge in [0.2, 0.25) is 0 Å². The van der Waals surface area contributed by atoms with E-state index in [9.17, 15) is 27.6 Å². The quantitative estimate of drug-likeness (QED) is 0.106. The van der Waals surface area contributed by atoms with Gasteiger partial charge in [0.05, 0.1) is 22.8 Å². The Morgan fingerprint density at radius 1 is 0.783 bits per heavy atom. The number of carbonyl (C=O) groups is 3. The third-order valence-electron chi connectivity index (χ3n) is 7.08. The van der Waals surface area contributed by atoms with Crippen LogP contribution in [0.15, 0.2) is 78.0 Å². The number of aryl methyl sites for hydroxylation is 2. The van der Waals surface area contributed by atoms with Gasteiger partial charge in [0, 0.05) is 59.1 Å². The van der Waals surface area contributed by atoms with Crippen molar-refractivity contribution in [3.63, 3.8) is 0 Å². The molecule has 0 atom stereocenters. The monoisotopic (exact) mass is 633 g/mol. The predicted molar refractivity (Wildman–Crippen MR) is 173 cm³/mol. The van der Waals surface area contributed by atoms with Crippen LogP contribution in [-0.2, 0) is 20.3 Å². The number of amidine groups is 1. The number of anilines is 2. The maximum Gasteiger partial charge on any atom is 0.416 e. The van der Waals surface area contributed by atoms with E-state index in [2.05, 4.69) is 26.3 Å². The van der Waals surface area contributed by atoms with Crippen LogP contribution < -0.4 is 21.3 Å². The van der Waals surface area contributed by atoms with Crippen LogP contribution in [0.1, 0.15) is 54.4 Å². The average Bonchev–Trinajstić information content (AvgIpc) is 3.58. The summed E-state index contributed by atoms with van der Waals surface area (Å²) in [5.41, 5.74) is 2.52. The van der Waals surface area contributed by atoms with E-state index >= 15 is 0 Å². The molecule has 3 amide bonds. The van der Waals surface area contributed by atoms with Gasteiger partial charge < -0.3 is 30.4 Å². The van der Waals surface area contributed by atoms with Crippen molar-refractivity contribution < 1.29 is 27.6 Å². The molecule has 0 saturated heterocycles. The molecule has 240 valence electrons. The van der Waals surface area contributed by atoms with Crippen molar-refractivity contribution in [1.29, 1.82) is 0 Å². The molecule has 46 heavy (non-hydrogen) atoms. The Morgan fingerprint density at radius 2 is 1.28 bits per heavy atom. The highest BCUT2D eigenvalue weighted by molar-refractivity contribution is 6.07. The molecular formula is C33H34F3N7O3. The molecule has 0 unspecified atom stereocenters. The third-order valence-corrected chi connectivity index (χ3v) is 7.08. The van der Waals surface area contributed by atoms with Crippen molar-refractivity contribution in [1.82, 2.24) is 19.8 Å². The van der Waals surface area contributed by atoms with Crippen LogP contribution in [0, 0.1) is 0 Å². The standard InChI is InChI=1S/C33H34F3N7O3/c1-37-29(38-2)15-16-39-31(45)27-17-26(20-42(27)3)41-32(46)28-18-25(19-43(28)4)40-30(44)23-11-7-21(8-12-23)5-6-22-9-13-24(14-10-22)33(34,35)36/h5-14,17-20H,15-16H2,1-4H3,(H,37,38)(H,39,45)(H,40,44)(H,41,46)/b6-5+. The highest BCUT2D eigenvalue weighted by Gasteiger charge is 2.29. The molecule has 0 radical (unpaired) electrons. The zero-order chi connectivity index (χ0) is 33.4. The normalized spacial score (nSPS) is 11.8. The highest BCUT2D eigenvalue weighted by Crippen LogP contribution is 2.29. The summed E-state index contributed by atoms with van der Waals surface area (Å²) in [7, 11) is 6.81. The number of alkyl halides is 3. The number of aromatic nitrogens is 2. The Hall–Kier alpha value is -5.59. The third kappa shape index (κ3) is 8.52. The van der Waals surface area contributed by atoms with Crippen molar-refractivity contribution in [2.24, 2.45) is 19.1 Å². The summed E-state index contributed by atoms with van der Waals surface area (Å²) in [6.07, 6.45) is 2.82. The first-order chi connectivity index (χ1) is 21.9. The molecular weight excluding hydrogens is 599 g/mol. The van der Waals surface area contributed by atoms with Gasteiger partial charge in [-0.2, -0.15) is 13.2 Å². The van der Waals surface area contributed by atoms with Crippen LogP contribution >= 0.6 is 0 Å². The number of nitrogens with one attached hydrogen (secondary N) is 4. The largest absolute Gasteiger partial charge is 0.416 e. The van der Waals surface area contributed by atoms with Crippen LogP contribution in [0.2, 0.25) is 0 Å². The molecule has 4 rings (SSSR count). The van der Waals surface area contributed by atoms with Crippen LogP contribution in [-0.4, -0.2) is 53.3 Å². The lowest BCUT2D eigenvalue weighted by molar-refractivity contribution is -0.137. The molecule has 10 nitrogen and oxygen atoms in total. The fourth-order valence-corrected chi connectivity index (χ4v) is 4.57. The topological polar surface area (TPSA) is 122 Å². The van der Waals surface area contributed by atoms with Gasteiger partial charge in [0.1, 0.15) is 11.4 Å². The molecule has 0 fully saturated rings. The van der Waals surface area contributed by atoms with Crippen LogP contribution in [0.4, 0.5) is 24.5 Å². The van der Waals surface area contributed by atoms with Crippen LogP contribution in [0.5, 0.6) is 0 Å². The van der Waals surface area contributed by atoms with E-state index in [0.29, 0.717) is 41.2 Å². The number of rotatable bonds is 10. The SMILES string of the molecule is C/N=C(/CCNC(=O)c1cc(NC(=O)c2cc(NC(=O)c3ccc(/C=C/c4ccc(C(F)(F)F)cc4)cc3)cn2C)cn1C)NC. The lowest BCUT2D eigenvalue weighted by Gasteiger charge is -2.07. The van der Waals surface area contributed by atoms with E-state index in [0.717, 1.165) is 23.5 Å². The van der Waals surface area contributed by atoms with Gasteiger partial charge in [-0.15, -0.1) is 0 Å². The Balaban J connectivity index is 1.33. The molecule has 0 aliphatic carbocycles. The van der Waals surface area contributed by atoms with Gasteiger partial charge in [-0.05, 0) is 47.5 Å². The molecule has 0 saturated carbocycles. The fourth-order valence-electron chi connectivity index (χ4n) is 4.57. The summed E-state index contributed by atoms with van der Waals surface area (Å²) in [5, 5.41) is 11.3.